The summed E-state index contributed by atoms with van der Waals surface area (Å²) in [5, 5.41) is 0. The number of hydrogen-bond acceptors (Lipinski definition) is 3. The van der Waals surface area contributed by atoms with Crippen LogP contribution in [-0.4, -0.2) is 36.6 Å². The molecule has 3 heteroatoms. The summed E-state index contributed by atoms with van der Waals surface area (Å²) in [6.07, 6.45) is 55.9. The summed E-state index contributed by atoms with van der Waals surface area (Å²) in [7, 11) is 4.26. The highest BCUT2D eigenvalue weighted by atomic mass is 16.5. The lowest BCUT2D eigenvalue weighted by molar-refractivity contribution is -0.143. The van der Waals surface area contributed by atoms with E-state index in [9.17, 15) is 4.79 Å². The van der Waals surface area contributed by atoms with Crippen molar-refractivity contribution in [2.45, 2.75) is 213 Å². The summed E-state index contributed by atoms with van der Waals surface area (Å²) in [4.78, 5) is 15.2. The molecule has 2 unspecified atom stereocenters. The molecule has 50 heavy (non-hydrogen) atoms. The fourth-order valence-corrected chi connectivity index (χ4v) is 7.02. The Kier molecular flexibility index (Phi) is 28.4. The second kappa shape index (κ2) is 30.7. The Bertz CT molecular complexity index is 910. The summed E-state index contributed by atoms with van der Waals surface area (Å²) >= 11 is 0. The number of nitrogens with zero attached hydrogens (tertiary/aromatic N) is 1. The molecule has 0 amide bonds. The second-order valence-corrected chi connectivity index (χ2v) is 15.9. The number of esters is 1. The molecular weight excluding hydrogens is 611 g/mol. The van der Waals surface area contributed by atoms with Crippen molar-refractivity contribution in [3.05, 3.63) is 60.8 Å². The first kappa shape index (κ1) is 46.2. The Balaban J connectivity index is 2.28. The summed E-state index contributed by atoms with van der Waals surface area (Å²) in [5.41, 5.74) is 0.179. The first-order valence-electron chi connectivity index (χ1n) is 21.5. The van der Waals surface area contributed by atoms with E-state index in [2.05, 4.69) is 101 Å². The minimum absolute atomic E-state index is 0.0481. The first-order chi connectivity index (χ1) is 24.3. The molecule has 1 saturated carbocycles. The van der Waals surface area contributed by atoms with Crippen molar-refractivity contribution in [1.82, 2.24) is 4.90 Å². The van der Waals surface area contributed by atoms with Crippen LogP contribution in [0, 0.1) is 5.41 Å². The molecule has 0 N–H and O–H groups in total. The number of rotatable bonds is 34. The third-order valence-electron chi connectivity index (χ3n) is 11.1. The summed E-state index contributed by atoms with van der Waals surface area (Å²) < 4.78 is 6.09. The number of carbonyl (C=O) groups excluding carboxylic acids is 1. The fourth-order valence-electron chi connectivity index (χ4n) is 7.02. The molecule has 0 spiro atoms. The van der Waals surface area contributed by atoms with Gasteiger partial charge in [-0.1, -0.05) is 153 Å². The molecule has 3 nitrogen and oxygen atoms in total. The largest absolute Gasteiger partial charge is 0.459 e. The maximum absolute atomic E-state index is 12.9. The minimum Gasteiger partial charge on any atom is -0.459 e. The van der Waals surface area contributed by atoms with Gasteiger partial charge >= 0.3 is 5.97 Å². The van der Waals surface area contributed by atoms with Crippen molar-refractivity contribution < 1.29 is 9.53 Å². The van der Waals surface area contributed by atoms with E-state index >= 15 is 0 Å². The van der Waals surface area contributed by atoms with Crippen molar-refractivity contribution >= 4 is 5.97 Å². The van der Waals surface area contributed by atoms with Crippen LogP contribution in [0.25, 0.3) is 0 Å². The van der Waals surface area contributed by atoms with Crippen molar-refractivity contribution in [3.63, 3.8) is 0 Å². The third-order valence-corrected chi connectivity index (χ3v) is 11.1. The van der Waals surface area contributed by atoms with Crippen molar-refractivity contribution in [2.24, 2.45) is 5.41 Å². The second-order valence-electron chi connectivity index (χ2n) is 15.9. The molecule has 0 radical (unpaired) electrons. The van der Waals surface area contributed by atoms with E-state index in [0.717, 1.165) is 44.9 Å². The maximum Gasteiger partial charge on any atom is 0.330 e. The monoisotopic (exact) mass is 694 g/mol. The maximum atomic E-state index is 12.9. The number of allylic oxidation sites excluding steroid dienone is 8. The predicted octanol–water partition coefficient (Wildman–Crippen LogP) is 14.6. The van der Waals surface area contributed by atoms with E-state index in [4.69, 9.17) is 4.74 Å². The van der Waals surface area contributed by atoms with Crippen LogP contribution in [0.4, 0.5) is 0 Å². The fraction of sp³-hybridized carbons (Fsp3) is 0.766. The van der Waals surface area contributed by atoms with Crippen molar-refractivity contribution in [2.75, 3.05) is 14.1 Å². The first-order valence-corrected chi connectivity index (χ1v) is 21.5. The van der Waals surface area contributed by atoms with Crippen LogP contribution in [-0.2, 0) is 9.53 Å². The molecule has 1 fully saturated rings. The van der Waals surface area contributed by atoms with Gasteiger partial charge in [-0.05, 0) is 117 Å². The van der Waals surface area contributed by atoms with Crippen LogP contribution in [0.2, 0.25) is 0 Å². The van der Waals surface area contributed by atoms with E-state index in [1.54, 1.807) is 6.08 Å². The molecule has 1 rings (SSSR count). The summed E-state index contributed by atoms with van der Waals surface area (Å²) in [6, 6.07) is 0. The third kappa shape index (κ3) is 23.6. The number of carbonyl (C=O) groups is 1. The average Bonchev–Trinajstić information content (AvgIpc) is 3.68. The molecule has 1 aliphatic carbocycles. The van der Waals surface area contributed by atoms with Gasteiger partial charge in [-0.25, -0.2) is 4.79 Å². The van der Waals surface area contributed by atoms with Gasteiger partial charge in [-0.3, -0.25) is 0 Å². The average molecular weight is 694 g/mol. The van der Waals surface area contributed by atoms with Gasteiger partial charge in [0.1, 0.15) is 6.10 Å². The summed E-state index contributed by atoms with van der Waals surface area (Å²) in [6.45, 7) is 9.06. The molecule has 0 bridgehead atoms. The zero-order valence-electron chi connectivity index (χ0n) is 34.2. The lowest BCUT2D eigenvalue weighted by Gasteiger charge is -2.23. The normalized spacial score (nSPS) is 19.6. The van der Waals surface area contributed by atoms with E-state index < -0.39 is 0 Å². The van der Waals surface area contributed by atoms with Gasteiger partial charge in [0.25, 0.3) is 0 Å². The predicted molar refractivity (Wildman–Crippen MR) is 222 cm³/mol. The Morgan fingerprint density at radius 2 is 0.960 bits per heavy atom. The lowest BCUT2D eigenvalue weighted by Crippen LogP contribution is -2.31. The zero-order chi connectivity index (χ0) is 36.6. The standard InChI is InChI=1S/C47H83NO2/c1-7-9-11-13-15-17-19-21-23-25-27-29-31-33-35-37-39-44(50-45(49)41-42-46(3)43-47(46,4)48(5)6)40-38-36-34-32-30-28-26-24-22-20-18-16-14-12-10-8-2/h15-18,21-24,41-42,44H,7-14,19-20,25-40,43H2,1-6H3/b17-15-,18-16-,23-21-,24-22-,42-41+. The molecule has 2 atom stereocenters. The van der Waals surface area contributed by atoms with Gasteiger partial charge in [0.05, 0.1) is 0 Å². The number of unbranched alkanes of at least 4 members (excludes halogenated alkanes) is 18. The van der Waals surface area contributed by atoms with Crippen LogP contribution in [0.5, 0.6) is 0 Å². The van der Waals surface area contributed by atoms with Gasteiger partial charge < -0.3 is 9.64 Å². The van der Waals surface area contributed by atoms with Crippen LogP contribution >= 0.6 is 0 Å². The molecule has 0 heterocycles. The quantitative estimate of drug-likeness (QED) is 0.0291. The van der Waals surface area contributed by atoms with Crippen LogP contribution in [0.15, 0.2) is 60.8 Å². The van der Waals surface area contributed by atoms with Gasteiger partial charge in [-0.15, -0.1) is 0 Å². The number of ether oxygens (including phenoxy) is 1. The highest BCUT2D eigenvalue weighted by Gasteiger charge is 2.60. The smallest absolute Gasteiger partial charge is 0.330 e. The Morgan fingerprint density at radius 1 is 0.580 bits per heavy atom. The van der Waals surface area contributed by atoms with E-state index in [-0.39, 0.29) is 23.0 Å². The summed E-state index contributed by atoms with van der Waals surface area (Å²) in [5.74, 6) is -0.149. The highest BCUT2D eigenvalue weighted by molar-refractivity contribution is 5.82. The van der Waals surface area contributed by atoms with Crippen molar-refractivity contribution in [3.8, 4) is 0 Å². The van der Waals surface area contributed by atoms with Crippen LogP contribution < -0.4 is 0 Å². The topological polar surface area (TPSA) is 29.5 Å². The lowest BCUT2D eigenvalue weighted by atomic mass is 10.0. The molecule has 1 aliphatic rings. The van der Waals surface area contributed by atoms with Gasteiger partial charge in [-0.2, -0.15) is 0 Å². The van der Waals surface area contributed by atoms with Gasteiger partial charge in [0.15, 0.2) is 0 Å². The molecule has 0 aromatic rings. The molecular formula is C47H83NO2. The van der Waals surface area contributed by atoms with Gasteiger partial charge in [0, 0.05) is 17.0 Å². The highest BCUT2D eigenvalue weighted by Crippen LogP contribution is 2.59. The Labute approximate surface area is 312 Å². The van der Waals surface area contributed by atoms with Crippen molar-refractivity contribution in [1.29, 1.82) is 0 Å². The van der Waals surface area contributed by atoms with E-state index in [1.165, 1.54) is 128 Å². The Hall–Kier alpha value is -1.87. The van der Waals surface area contributed by atoms with Crippen LogP contribution in [0.1, 0.15) is 201 Å². The van der Waals surface area contributed by atoms with E-state index in [1.807, 2.05) is 0 Å². The van der Waals surface area contributed by atoms with E-state index in [0.29, 0.717) is 0 Å². The minimum atomic E-state index is -0.149. The molecule has 0 aromatic heterocycles. The van der Waals surface area contributed by atoms with Crippen LogP contribution in [0.3, 0.4) is 0 Å². The van der Waals surface area contributed by atoms with Gasteiger partial charge in [0.2, 0.25) is 0 Å². The Morgan fingerprint density at radius 3 is 1.34 bits per heavy atom. The SMILES string of the molecule is CCCCC/C=C\C/C=C\CCCCCCCCC(CCCCCCCC/C=C\C/C=C\CCCCC)OC(=O)/C=C/C1(C)CC1(C)N(C)C. The molecule has 288 valence electrons. The molecule has 0 aromatic carbocycles. The molecule has 0 aliphatic heterocycles. The molecule has 0 saturated heterocycles. The zero-order valence-corrected chi connectivity index (χ0v) is 34.2. The number of hydrogen-bond donors (Lipinski definition) is 0.